The number of benzene rings is 1. The van der Waals surface area contributed by atoms with E-state index in [9.17, 15) is 4.39 Å². The van der Waals surface area contributed by atoms with E-state index in [1.807, 2.05) is 31.1 Å². The molecule has 0 amide bonds. The third kappa shape index (κ3) is 3.39. The van der Waals surface area contributed by atoms with Crippen molar-refractivity contribution in [1.29, 1.82) is 0 Å². The van der Waals surface area contributed by atoms with E-state index < -0.39 is 0 Å². The van der Waals surface area contributed by atoms with Gasteiger partial charge in [0, 0.05) is 18.8 Å². The van der Waals surface area contributed by atoms with Gasteiger partial charge in [0.1, 0.15) is 5.82 Å². The molecule has 0 bridgehead atoms. The minimum Gasteiger partial charge on any atom is -0.395 e. The van der Waals surface area contributed by atoms with Crippen molar-refractivity contribution in [1.82, 2.24) is 14.7 Å². The lowest BCUT2D eigenvalue weighted by molar-refractivity contribution is 0.152. The second-order valence-corrected chi connectivity index (χ2v) is 4.67. The zero-order chi connectivity index (χ0) is 13.8. The first kappa shape index (κ1) is 13.7. The zero-order valence-electron chi connectivity index (χ0n) is 11.1. The molecule has 5 heteroatoms. The Balaban J connectivity index is 2.09. The Morgan fingerprint density at radius 3 is 2.63 bits per heavy atom. The molecular weight excluding hydrogens is 245 g/mol. The van der Waals surface area contributed by atoms with E-state index in [-0.39, 0.29) is 18.5 Å². The molecule has 0 spiro atoms. The van der Waals surface area contributed by atoms with Gasteiger partial charge in [-0.15, -0.1) is 0 Å². The Morgan fingerprint density at radius 1 is 1.32 bits per heavy atom. The van der Waals surface area contributed by atoms with E-state index in [1.165, 1.54) is 12.1 Å². The maximum Gasteiger partial charge on any atom is 0.123 e. The zero-order valence-corrected chi connectivity index (χ0v) is 11.1. The highest BCUT2D eigenvalue weighted by Gasteiger charge is 2.10. The molecule has 1 N–H and O–H groups in total. The molecule has 1 atom stereocenters. The summed E-state index contributed by atoms with van der Waals surface area (Å²) < 4.78 is 14.6. The average Bonchev–Trinajstić information content (AvgIpc) is 2.87. The highest BCUT2D eigenvalue weighted by molar-refractivity contribution is 5.31. The van der Waals surface area contributed by atoms with Crippen LogP contribution in [0, 0.1) is 5.82 Å². The van der Waals surface area contributed by atoms with Crippen LogP contribution in [0.2, 0.25) is 0 Å². The number of rotatable bonds is 5. The smallest absolute Gasteiger partial charge is 0.123 e. The van der Waals surface area contributed by atoms with Gasteiger partial charge in [-0.1, -0.05) is 0 Å². The van der Waals surface area contributed by atoms with E-state index in [1.54, 1.807) is 16.8 Å². The number of nitrogens with zero attached hydrogens (tertiary/aromatic N) is 3. The molecule has 0 saturated carbocycles. The molecule has 0 radical (unpaired) electrons. The molecule has 102 valence electrons. The largest absolute Gasteiger partial charge is 0.395 e. The second-order valence-electron chi connectivity index (χ2n) is 4.67. The first-order valence-corrected chi connectivity index (χ1v) is 6.21. The van der Waals surface area contributed by atoms with E-state index in [2.05, 4.69) is 5.10 Å². The molecule has 0 fully saturated rings. The molecule has 4 nitrogen and oxygen atoms in total. The van der Waals surface area contributed by atoms with Crippen molar-refractivity contribution in [3.8, 4) is 5.69 Å². The molecule has 19 heavy (non-hydrogen) atoms. The number of aliphatic hydroxyl groups excluding tert-OH is 1. The molecule has 2 rings (SSSR count). The van der Waals surface area contributed by atoms with Gasteiger partial charge in [0.2, 0.25) is 0 Å². The van der Waals surface area contributed by atoms with E-state index >= 15 is 0 Å². The van der Waals surface area contributed by atoms with Crippen LogP contribution in [-0.2, 0) is 6.54 Å². The van der Waals surface area contributed by atoms with Gasteiger partial charge >= 0.3 is 0 Å². The highest BCUT2D eigenvalue weighted by atomic mass is 19.1. The highest BCUT2D eigenvalue weighted by Crippen LogP contribution is 2.10. The second kappa shape index (κ2) is 5.95. The molecule has 0 aliphatic carbocycles. The average molecular weight is 263 g/mol. The number of hydrogen-bond acceptors (Lipinski definition) is 3. The van der Waals surface area contributed by atoms with Gasteiger partial charge in [-0.25, -0.2) is 9.07 Å². The first-order chi connectivity index (χ1) is 9.10. The standard InChI is InChI=1S/C14H18FN3O/c1-11(10-19)17(2)9-13-7-8-18(16-13)14-5-3-12(15)4-6-14/h3-8,11,19H,9-10H2,1-2H3. The lowest BCUT2D eigenvalue weighted by atomic mass is 10.3. The van der Waals surface area contributed by atoms with Crippen LogP contribution in [-0.4, -0.2) is 39.5 Å². The molecule has 0 aliphatic rings. The number of aliphatic hydroxyl groups is 1. The Hall–Kier alpha value is -1.72. The predicted molar refractivity (Wildman–Crippen MR) is 71.5 cm³/mol. The number of aromatic nitrogens is 2. The van der Waals surface area contributed by atoms with Crippen molar-refractivity contribution < 1.29 is 9.50 Å². The van der Waals surface area contributed by atoms with Crippen molar-refractivity contribution in [2.75, 3.05) is 13.7 Å². The summed E-state index contributed by atoms with van der Waals surface area (Å²) >= 11 is 0. The fourth-order valence-corrected chi connectivity index (χ4v) is 1.73. The van der Waals surface area contributed by atoms with Crippen LogP contribution in [0.5, 0.6) is 0 Å². The normalized spacial score (nSPS) is 12.9. The first-order valence-electron chi connectivity index (χ1n) is 6.21. The topological polar surface area (TPSA) is 41.3 Å². The third-order valence-electron chi connectivity index (χ3n) is 3.16. The molecule has 0 aliphatic heterocycles. The monoisotopic (exact) mass is 263 g/mol. The van der Waals surface area contributed by atoms with Crippen molar-refractivity contribution in [3.05, 3.63) is 48.0 Å². The summed E-state index contributed by atoms with van der Waals surface area (Å²) in [6.07, 6.45) is 1.85. The molecule has 1 unspecified atom stereocenters. The van der Waals surface area contributed by atoms with Crippen molar-refractivity contribution in [2.45, 2.75) is 19.5 Å². The fourth-order valence-electron chi connectivity index (χ4n) is 1.73. The summed E-state index contributed by atoms with van der Waals surface area (Å²) in [5, 5.41) is 13.5. The number of likely N-dealkylation sites (N-methyl/N-ethyl adjacent to an activating group) is 1. The molecule has 2 aromatic rings. The summed E-state index contributed by atoms with van der Waals surface area (Å²) in [5.74, 6) is -0.257. The number of halogens is 1. The predicted octanol–water partition coefficient (Wildman–Crippen LogP) is 1.82. The molecule has 1 aromatic heterocycles. The van der Waals surface area contributed by atoms with Gasteiger partial charge in [-0.3, -0.25) is 4.90 Å². The Kier molecular flexibility index (Phi) is 4.29. The van der Waals surface area contributed by atoms with Gasteiger partial charge in [0.05, 0.1) is 18.0 Å². The summed E-state index contributed by atoms with van der Waals surface area (Å²) in [4.78, 5) is 2.03. The summed E-state index contributed by atoms with van der Waals surface area (Å²) in [5.41, 5.74) is 1.73. The Labute approximate surface area is 112 Å². The van der Waals surface area contributed by atoms with Crippen LogP contribution in [0.25, 0.3) is 5.69 Å². The summed E-state index contributed by atoms with van der Waals surface area (Å²) in [7, 11) is 1.94. The maximum absolute atomic E-state index is 12.8. The van der Waals surface area contributed by atoms with E-state index in [4.69, 9.17) is 5.11 Å². The fraction of sp³-hybridized carbons (Fsp3) is 0.357. The van der Waals surface area contributed by atoms with Crippen LogP contribution >= 0.6 is 0 Å². The molecule has 1 aromatic carbocycles. The quantitative estimate of drug-likeness (QED) is 0.894. The van der Waals surface area contributed by atoms with Crippen LogP contribution in [0.15, 0.2) is 36.5 Å². The number of hydrogen-bond donors (Lipinski definition) is 1. The van der Waals surface area contributed by atoms with Crippen LogP contribution < -0.4 is 0 Å². The van der Waals surface area contributed by atoms with E-state index in [0.717, 1.165) is 11.4 Å². The molecular formula is C14H18FN3O. The maximum atomic E-state index is 12.8. The van der Waals surface area contributed by atoms with Gasteiger partial charge in [-0.05, 0) is 44.3 Å². The third-order valence-corrected chi connectivity index (χ3v) is 3.16. The summed E-state index contributed by atoms with van der Waals surface area (Å²) in [6.45, 7) is 2.74. The molecule has 0 saturated heterocycles. The van der Waals surface area contributed by atoms with Gasteiger partial charge in [-0.2, -0.15) is 5.10 Å². The van der Waals surface area contributed by atoms with Gasteiger partial charge in [0.25, 0.3) is 0 Å². The Morgan fingerprint density at radius 2 is 2.00 bits per heavy atom. The van der Waals surface area contributed by atoms with Gasteiger partial charge in [0.15, 0.2) is 0 Å². The summed E-state index contributed by atoms with van der Waals surface area (Å²) in [6, 6.07) is 8.21. The van der Waals surface area contributed by atoms with Crippen molar-refractivity contribution >= 4 is 0 Å². The lowest BCUT2D eigenvalue weighted by Gasteiger charge is -2.21. The van der Waals surface area contributed by atoms with Crippen LogP contribution in [0.1, 0.15) is 12.6 Å². The minimum absolute atomic E-state index is 0.0935. The Bertz CT molecular complexity index is 524. The van der Waals surface area contributed by atoms with Crippen molar-refractivity contribution in [3.63, 3.8) is 0 Å². The van der Waals surface area contributed by atoms with Gasteiger partial charge < -0.3 is 5.11 Å². The minimum atomic E-state index is -0.257. The van der Waals surface area contributed by atoms with E-state index in [0.29, 0.717) is 6.54 Å². The van der Waals surface area contributed by atoms with Crippen molar-refractivity contribution in [2.24, 2.45) is 0 Å². The van der Waals surface area contributed by atoms with Crippen LogP contribution in [0.4, 0.5) is 4.39 Å². The molecule has 1 heterocycles. The lowest BCUT2D eigenvalue weighted by Crippen LogP contribution is -2.31. The SMILES string of the molecule is CC(CO)N(C)Cc1ccn(-c2ccc(F)cc2)n1. The van der Waals surface area contributed by atoms with Crippen LogP contribution in [0.3, 0.4) is 0 Å².